The standard InChI is InChI=1S/C19H31N3O3S2/c1-15-8-9-17(26-15)27(24,25)22-12-6-7-16(13-22)18(23)20-14-19(21(2)3)10-4-5-11-19/h8-9,16H,4-7,10-14H2,1-3H3,(H,20,23). The Bertz CT molecular complexity index is 767. The van der Waals surface area contributed by atoms with E-state index in [1.54, 1.807) is 6.07 Å². The first-order valence-electron chi connectivity index (χ1n) is 9.76. The zero-order valence-electron chi connectivity index (χ0n) is 16.5. The van der Waals surface area contributed by atoms with Gasteiger partial charge in [0.25, 0.3) is 10.0 Å². The smallest absolute Gasteiger partial charge is 0.252 e. The molecular formula is C19H31N3O3S2. The third-order valence-electron chi connectivity index (χ3n) is 6.14. The van der Waals surface area contributed by atoms with E-state index in [9.17, 15) is 13.2 Å². The van der Waals surface area contributed by atoms with Crippen LogP contribution in [-0.2, 0) is 14.8 Å². The Labute approximate surface area is 167 Å². The van der Waals surface area contributed by atoms with Crippen LogP contribution in [0.15, 0.2) is 16.3 Å². The molecule has 1 aromatic heterocycles. The van der Waals surface area contributed by atoms with Crippen molar-refractivity contribution < 1.29 is 13.2 Å². The fraction of sp³-hybridized carbons (Fsp3) is 0.737. The summed E-state index contributed by atoms with van der Waals surface area (Å²) in [5.74, 6) is -0.277. The molecule has 2 aliphatic rings. The van der Waals surface area contributed by atoms with E-state index >= 15 is 0 Å². The normalized spacial score (nSPS) is 23.6. The minimum Gasteiger partial charge on any atom is -0.354 e. The fourth-order valence-electron chi connectivity index (χ4n) is 4.26. The van der Waals surface area contributed by atoms with Gasteiger partial charge in [-0.25, -0.2) is 8.42 Å². The largest absolute Gasteiger partial charge is 0.354 e. The SMILES string of the molecule is Cc1ccc(S(=O)(=O)N2CCCC(C(=O)NCC3(N(C)C)CCCC3)C2)s1. The van der Waals surface area contributed by atoms with E-state index in [4.69, 9.17) is 0 Å². The lowest BCUT2D eigenvalue weighted by Gasteiger charge is -2.37. The Hall–Kier alpha value is -0.960. The number of thiophene rings is 1. The van der Waals surface area contributed by atoms with Gasteiger partial charge < -0.3 is 10.2 Å². The van der Waals surface area contributed by atoms with Gasteiger partial charge in [-0.05, 0) is 58.8 Å². The molecule has 1 aliphatic carbocycles. The number of sulfonamides is 1. The number of carbonyl (C=O) groups excluding carboxylic acids is 1. The van der Waals surface area contributed by atoms with Crippen molar-refractivity contribution in [2.24, 2.45) is 5.92 Å². The molecule has 27 heavy (non-hydrogen) atoms. The first-order chi connectivity index (χ1) is 12.7. The molecule has 1 saturated carbocycles. The summed E-state index contributed by atoms with van der Waals surface area (Å²) in [6, 6.07) is 3.49. The third kappa shape index (κ3) is 4.39. The molecule has 3 rings (SSSR count). The Kier molecular flexibility index (Phi) is 6.30. The Morgan fingerprint density at radius 3 is 2.59 bits per heavy atom. The van der Waals surface area contributed by atoms with Crippen LogP contribution in [0.4, 0.5) is 0 Å². The van der Waals surface area contributed by atoms with Crippen LogP contribution in [-0.4, -0.2) is 62.8 Å². The first kappa shape index (κ1) is 20.8. The minimum atomic E-state index is -3.50. The maximum Gasteiger partial charge on any atom is 0.252 e. The zero-order valence-corrected chi connectivity index (χ0v) is 18.2. The molecule has 1 aliphatic heterocycles. The molecule has 6 nitrogen and oxygen atoms in total. The van der Waals surface area contributed by atoms with Crippen molar-refractivity contribution in [1.29, 1.82) is 0 Å². The number of rotatable bonds is 6. The quantitative estimate of drug-likeness (QED) is 0.778. The van der Waals surface area contributed by atoms with Crippen LogP contribution < -0.4 is 5.32 Å². The summed E-state index contributed by atoms with van der Waals surface area (Å²) in [7, 11) is 0.657. The Balaban J connectivity index is 1.63. The molecule has 0 spiro atoms. The van der Waals surface area contributed by atoms with E-state index in [0.717, 1.165) is 30.6 Å². The second kappa shape index (κ2) is 8.19. The van der Waals surface area contributed by atoms with Crippen molar-refractivity contribution in [2.75, 3.05) is 33.7 Å². The van der Waals surface area contributed by atoms with Gasteiger partial charge in [0.2, 0.25) is 5.91 Å². The number of carbonyl (C=O) groups is 1. The summed E-state index contributed by atoms with van der Waals surface area (Å²) in [6.45, 7) is 3.32. The van der Waals surface area contributed by atoms with Crippen molar-refractivity contribution in [3.05, 3.63) is 17.0 Å². The highest BCUT2D eigenvalue weighted by Gasteiger charge is 2.38. The number of nitrogens with zero attached hydrogens (tertiary/aromatic N) is 2. The summed E-state index contributed by atoms with van der Waals surface area (Å²) < 4.78 is 27.6. The molecule has 1 unspecified atom stereocenters. The number of likely N-dealkylation sites (N-methyl/N-ethyl adjacent to an activating group) is 1. The molecule has 0 bridgehead atoms. The van der Waals surface area contributed by atoms with Crippen LogP contribution in [0.5, 0.6) is 0 Å². The molecule has 2 heterocycles. The van der Waals surface area contributed by atoms with E-state index in [-0.39, 0.29) is 23.9 Å². The van der Waals surface area contributed by atoms with Gasteiger partial charge in [-0.1, -0.05) is 12.8 Å². The maximum absolute atomic E-state index is 12.9. The van der Waals surface area contributed by atoms with E-state index in [2.05, 4.69) is 24.3 Å². The van der Waals surface area contributed by atoms with Crippen molar-refractivity contribution in [3.8, 4) is 0 Å². The van der Waals surface area contributed by atoms with Crippen molar-refractivity contribution >= 4 is 27.3 Å². The summed E-state index contributed by atoms with van der Waals surface area (Å²) in [6.07, 6.45) is 6.07. The Morgan fingerprint density at radius 2 is 2.00 bits per heavy atom. The lowest BCUT2D eigenvalue weighted by Crippen LogP contribution is -2.53. The summed E-state index contributed by atoms with van der Waals surface area (Å²) in [5, 5.41) is 3.13. The van der Waals surface area contributed by atoms with Crippen molar-refractivity contribution in [3.63, 3.8) is 0 Å². The molecule has 1 saturated heterocycles. The second-order valence-electron chi connectivity index (χ2n) is 8.11. The van der Waals surface area contributed by atoms with Crippen LogP contribution >= 0.6 is 11.3 Å². The van der Waals surface area contributed by atoms with Gasteiger partial charge in [0.15, 0.2) is 0 Å². The molecule has 8 heteroatoms. The molecule has 0 aromatic carbocycles. The van der Waals surface area contributed by atoms with Crippen LogP contribution in [0.1, 0.15) is 43.4 Å². The summed E-state index contributed by atoms with van der Waals surface area (Å²) >= 11 is 1.29. The minimum absolute atomic E-state index is 0.00890. The van der Waals surface area contributed by atoms with E-state index < -0.39 is 10.0 Å². The highest BCUT2D eigenvalue weighted by atomic mass is 32.2. The topological polar surface area (TPSA) is 69.7 Å². The molecule has 0 radical (unpaired) electrons. The Morgan fingerprint density at radius 1 is 1.30 bits per heavy atom. The number of nitrogens with one attached hydrogen (secondary N) is 1. The predicted molar refractivity (Wildman–Crippen MR) is 108 cm³/mol. The summed E-state index contributed by atoms with van der Waals surface area (Å²) in [5.41, 5.74) is 0.0462. The average molecular weight is 414 g/mol. The molecular weight excluding hydrogens is 382 g/mol. The number of amides is 1. The van der Waals surface area contributed by atoms with Gasteiger partial charge >= 0.3 is 0 Å². The fourth-order valence-corrected chi connectivity index (χ4v) is 7.23. The van der Waals surface area contributed by atoms with Crippen molar-refractivity contribution in [2.45, 2.75) is 55.2 Å². The molecule has 152 valence electrons. The lowest BCUT2D eigenvalue weighted by molar-refractivity contribution is -0.126. The van der Waals surface area contributed by atoms with Gasteiger partial charge in [0, 0.05) is 30.1 Å². The van der Waals surface area contributed by atoms with E-state index in [0.29, 0.717) is 17.3 Å². The van der Waals surface area contributed by atoms with Gasteiger partial charge in [0.1, 0.15) is 4.21 Å². The second-order valence-corrected chi connectivity index (χ2v) is 11.6. The molecule has 2 fully saturated rings. The van der Waals surface area contributed by atoms with Crippen LogP contribution in [0.3, 0.4) is 0 Å². The van der Waals surface area contributed by atoms with Gasteiger partial charge in [-0.3, -0.25) is 4.79 Å². The third-order valence-corrected chi connectivity index (χ3v) is 9.47. The number of piperidine rings is 1. The molecule has 1 aromatic rings. The molecule has 1 amide bonds. The zero-order chi connectivity index (χ0) is 19.7. The summed E-state index contributed by atoms with van der Waals surface area (Å²) in [4.78, 5) is 16.0. The van der Waals surface area contributed by atoms with Gasteiger partial charge in [0.05, 0.1) is 5.92 Å². The van der Waals surface area contributed by atoms with Crippen LogP contribution in [0.25, 0.3) is 0 Å². The first-order valence-corrected chi connectivity index (χ1v) is 12.0. The highest BCUT2D eigenvalue weighted by Crippen LogP contribution is 2.33. The maximum atomic E-state index is 12.9. The van der Waals surface area contributed by atoms with Gasteiger partial charge in [-0.2, -0.15) is 4.31 Å². The molecule has 1 atom stereocenters. The van der Waals surface area contributed by atoms with E-state index in [1.165, 1.54) is 28.5 Å². The molecule has 1 N–H and O–H groups in total. The van der Waals surface area contributed by atoms with Gasteiger partial charge in [-0.15, -0.1) is 11.3 Å². The number of hydrogen-bond acceptors (Lipinski definition) is 5. The van der Waals surface area contributed by atoms with Crippen molar-refractivity contribution in [1.82, 2.24) is 14.5 Å². The predicted octanol–water partition coefficient (Wildman–Crippen LogP) is 2.45. The average Bonchev–Trinajstić information content (AvgIpc) is 3.30. The highest BCUT2D eigenvalue weighted by molar-refractivity contribution is 7.91. The number of aryl methyl sites for hydroxylation is 1. The monoisotopic (exact) mass is 413 g/mol. The van der Waals surface area contributed by atoms with Crippen LogP contribution in [0, 0.1) is 12.8 Å². The lowest BCUT2D eigenvalue weighted by atomic mass is 9.94. The van der Waals surface area contributed by atoms with Crippen LogP contribution in [0.2, 0.25) is 0 Å². The van der Waals surface area contributed by atoms with E-state index in [1.807, 2.05) is 13.0 Å². The number of hydrogen-bond donors (Lipinski definition) is 1.